The first-order valence-electron chi connectivity index (χ1n) is 7.88. The molecule has 1 atom stereocenters. The maximum atomic E-state index is 12.1. The third kappa shape index (κ3) is 3.75. The molecule has 1 aromatic heterocycles. The number of amides is 2. The highest BCUT2D eigenvalue weighted by atomic mass is 16.5. The van der Waals surface area contributed by atoms with E-state index >= 15 is 0 Å². The van der Waals surface area contributed by atoms with Crippen LogP contribution in [0, 0.1) is 0 Å². The molecule has 2 aliphatic rings. The lowest BCUT2D eigenvalue weighted by Gasteiger charge is -2.29. The van der Waals surface area contributed by atoms with Crippen LogP contribution >= 0.6 is 0 Å². The number of carbonyl (C=O) groups excluding carboxylic acids is 2. The number of nitrogens with one attached hydrogen (secondary N) is 2. The maximum absolute atomic E-state index is 12.1. The number of nitrogens with zero attached hydrogens (tertiary/aromatic N) is 1. The summed E-state index contributed by atoms with van der Waals surface area (Å²) in [5, 5.41) is 5.74. The normalized spacial score (nSPS) is 28.0. The molecule has 6 nitrogen and oxygen atoms in total. The fourth-order valence-corrected chi connectivity index (χ4v) is 3.03. The minimum Gasteiger partial charge on any atom is -0.474 e. The lowest BCUT2D eigenvalue weighted by Crippen LogP contribution is -2.47. The summed E-state index contributed by atoms with van der Waals surface area (Å²) in [6.07, 6.45) is 6.52. The quantitative estimate of drug-likeness (QED) is 0.875. The van der Waals surface area contributed by atoms with Crippen LogP contribution in [0.25, 0.3) is 0 Å². The third-order valence-electron chi connectivity index (χ3n) is 4.26. The fourth-order valence-electron chi connectivity index (χ4n) is 3.03. The zero-order valence-electron chi connectivity index (χ0n) is 12.5. The van der Waals surface area contributed by atoms with Crippen molar-refractivity contribution in [2.45, 2.75) is 56.7 Å². The monoisotopic (exact) mass is 303 g/mol. The predicted molar refractivity (Wildman–Crippen MR) is 80.2 cm³/mol. The van der Waals surface area contributed by atoms with Crippen molar-refractivity contribution in [3.8, 4) is 5.88 Å². The fraction of sp³-hybridized carbons (Fsp3) is 0.562. The molecule has 2 fully saturated rings. The average molecular weight is 303 g/mol. The molecule has 0 aromatic carbocycles. The molecule has 1 aliphatic carbocycles. The predicted octanol–water partition coefficient (Wildman–Crippen LogP) is 1.17. The van der Waals surface area contributed by atoms with Crippen molar-refractivity contribution in [3.05, 3.63) is 24.4 Å². The number of hydrogen-bond donors (Lipinski definition) is 2. The first-order chi connectivity index (χ1) is 10.7. The summed E-state index contributed by atoms with van der Waals surface area (Å²) in [5.74, 6) is 0.566. The highest BCUT2D eigenvalue weighted by molar-refractivity contribution is 5.90. The average Bonchev–Trinajstić information content (AvgIpc) is 2.97. The first kappa shape index (κ1) is 14.8. The summed E-state index contributed by atoms with van der Waals surface area (Å²) in [7, 11) is 0. The second kappa shape index (κ2) is 6.77. The van der Waals surface area contributed by atoms with Gasteiger partial charge in [0.1, 0.15) is 12.1 Å². The molecule has 0 unspecified atom stereocenters. The van der Waals surface area contributed by atoms with E-state index in [-0.39, 0.29) is 30.0 Å². The van der Waals surface area contributed by atoms with Crippen molar-refractivity contribution < 1.29 is 14.3 Å². The van der Waals surface area contributed by atoms with Crippen LogP contribution in [0.3, 0.4) is 0 Å². The van der Waals surface area contributed by atoms with Crippen LogP contribution in [-0.2, 0) is 9.59 Å². The van der Waals surface area contributed by atoms with E-state index in [1.165, 1.54) is 0 Å². The SMILES string of the molecule is O=C1CC[C@H](C(=O)NC2CCC(Oc3ccccn3)CC2)N1. The van der Waals surface area contributed by atoms with Gasteiger partial charge in [-0.05, 0) is 38.2 Å². The van der Waals surface area contributed by atoms with E-state index in [0.717, 1.165) is 25.7 Å². The minimum absolute atomic E-state index is 0.0346. The van der Waals surface area contributed by atoms with Gasteiger partial charge >= 0.3 is 0 Å². The Morgan fingerprint density at radius 3 is 2.68 bits per heavy atom. The Labute approximate surface area is 129 Å². The Morgan fingerprint density at radius 1 is 1.23 bits per heavy atom. The molecule has 2 amide bonds. The molecule has 22 heavy (non-hydrogen) atoms. The lowest BCUT2D eigenvalue weighted by molar-refractivity contribution is -0.126. The number of aromatic nitrogens is 1. The topological polar surface area (TPSA) is 80.3 Å². The van der Waals surface area contributed by atoms with Gasteiger partial charge in [0, 0.05) is 24.7 Å². The van der Waals surface area contributed by atoms with Crippen molar-refractivity contribution in [1.82, 2.24) is 15.6 Å². The molecule has 3 rings (SSSR count). The number of rotatable bonds is 4. The first-order valence-corrected chi connectivity index (χ1v) is 7.88. The summed E-state index contributed by atoms with van der Waals surface area (Å²) in [4.78, 5) is 27.4. The molecule has 0 radical (unpaired) electrons. The van der Waals surface area contributed by atoms with Crippen molar-refractivity contribution in [1.29, 1.82) is 0 Å². The van der Waals surface area contributed by atoms with Crippen molar-refractivity contribution in [3.63, 3.8) is 0 Å². The highest BCUT2D eigenvalue weighted by Gasteiger charge is 2.30. The van der Waals surface area contributed by atoms with Gasteiger partial charge in [-0.3, -0.25) is 9.59 Å². The molecule has 0 spiro atoms. The Balaban J connectivity index is 1.42. The van der Waals surface area contributed by atoms with Gasteiger partial charge in [0.25, 0.3) is 0 Å². The Hall–Kier alpha value is -2.11. The minimum atomic E-state index is -0.352. The van der Waals surface area contributed by atoms with Gasteiger partial charge < -0.3 is 15.4 Å². The largest absolute Gasteiger partial charge is 0.474 e. The van der Waals surface area contributed by atoms with E-state index in [4.69, 9.17) is 4.74 Å². The van der Waals surface area contributed by atoms with Crippen molar-refractivity contribution in [2.24, 2.45) is 0 Å². The van der Waals surface area contributed by atoms with E-state index in [1.807, 2.05) is 18.2 Å². The number of carbonyl (C=O) groups is 2. The third-order valence-corrected chi connectivity index (χ3v) is 4.26. The molecule has 0 bridgehead atoms. The highest BCUT2D eigenvalue weighted by Crippen LogP contribution is 2.23. The van der Waals surface area contributed by atoms with E-state index in [9.17, 15) is 9.59 Å². The molecule has 1 saturated heterocycles. The van der Waals surface area contributed by atoms with Crippen LogP contribution in [0.4, 0.5) is 0 Å². The smallest absolute Gasteiger partial charge is 0.242 e. The number of hydrogen-bond acceptors (Lipinski definition) is 4. The maximum Gasteiger partial charge on any atom is 0.242 e. The molecule has 2 heterocycles. The number of ether oxygens (including phenoxy) is 1. The molecule has 118 valence electrons. The Morgan fingerprint density at radius 2 is 2.05 bits per heavy atom. The molecule has 6 heteroatoms. The van der Waals surface area contributed by atoms with Crippen LogP contribution in [0.5, 0.6) is 5.88 Å². The molecular weight excluding hydrogens is 282 g/mol. The standard InChI is InChI=1S/C16H21N3O3/c20-14-9-8-13(19-14)16(21)18-11-4-6-12(7-5-11)22-15-3-1-2-10-17-15/h1-3,10-13H,4-9H2,(H,18,21)(H,19,20)/t11?,12?,13-/m1/s1. The van der Waals surface area contributed by atoms with Gasteiger partial charge in [0.15, 0.2) is 0 Å². The summed E-state index contributed by atoms with van der Waals surface area (Å²) in [6.45, 7) is 0. The molecule has 1 aromatic rings. The van der Waals surface area contributed by atoms with Gasteiger partial charge in [-0.25, -0.2) is 4.98 Å². The van der Waals surface area contributed by atoms with Crippen molar-refractivity contribution in [2.75, 3.05) is 0 Å². The van der Waals surface area contributed by atoms with Gasteiger partial charge in [-0.1, -0.05) is 6.07 Å². The number of pyridine rings is 1. The van der Waals surface area contributed by atoms with Gasteiger partial charge in [0.2, 0.25) is 17.7 Å². The van der Waals surface area contributed by atoms with Gasteiger partial charge in [-0.2, -0.15) is 0 Å². The van der Waals surface area contributed by atoms with E-state index < -0.39 is 0 Å². The van der Waals surface area contributed by atoms with Crippen LogP contribution < -0.4 is 15.4 Å². The molecule has 1 saturated carbocycles. The molecule has 2 N–H and O–H groups in total. The lowest BCUT2D eigenvalue weighted by atomic mass is 9.92. The van der Waals surface area contributed by atoms with Gasteiger partial charge in [0.05, 0.1) is 0 Å². The summed E-state index contributed by atoms with van der Waals surface area (Å²) in [5.41, 5.74) is 0. The Kier molecular flexibility index (Phi) is 4.56. The van der Waals surface area contributed by atoms with Crippen molar-refractivity contribution >= 4 is 11.8 Å². The van der Waals surface area contributed by atoms with E-state index in [0.29, 0.717) is 18.7 Å². The van der Waals surface area contributed by atoms with Crippen LogP contribution in [-0.4, -0.2) is 35.0 Å². The van der Waals surface area contributed by atoms with Crippen LogP contribution in [0.2, 0.25) is 0 Å². The second-order valence-electron chi connectivity index (χ2n) is 5.93. The van der Waals surface area contributed by atoms with Crippen LogP contribution in [0.15, 0.2) is 24.4 Å². The molecular formula is C16H21N3O3. The Bertz CT molecular complexity index is 527. The van der Waals surface area contributed by atoms with Crippen LogP contribution in [0.1, 0.15) is 38.5 Å². The van der Waals surface area contributed by atoms with E-state index in [2.05, 4.69) is 15.6 Å². The summed E-state index contributed by atoms with van der Waals surface area (Å²) < 4.78 is 5.84. The second-order valence-corrected chi connectivity index (χ2v) is 5.93. The summed E-state index contributed by atoms with van der Waals surface area (Å²) in [6, 6.07) is 5.45. The summed E-state index contributed by atoms with van der Waals surface area (Å²) >= 11 is 0. The van der Waals surface area contributed by atoms with E-state index in [1.54, 1.807) is 6.20 Å². The zero-order chi connectivity index (χ0) is 15.4. The zero-order valence-corrected chi connectivity index (χ0v) is 12.5. The molecule has 1 aliphatic heterocycles. The van der Waals surface area contributed by atoms with Gasteiger partial charge in [-0.15, -0.1) is 0 Å².